The number of nitrogens with two attached hydrogens (primary N) is 1. The summed E-state index contributed by atoms with van der Waals surface area (Å²) in [4.78, 5) is 11.2. The maximum Gasteiger partial charge on any atom is 0.176 e. The molecule has 14 heavy (non-hydrogen) atoms. The summed E-state index contributed by atoms with van der Waals surface area (Å²) in [7, 11) is 0. The van der Waals surface area contributed by atoms with Crippen molar-refractivity contribution in [2.45, 2.75) is 5.92 Å². The van der Waals surface area contributed by atoms with E-state index in [2.05, 4.69) is 0 Å². The SMILES string of the molecule is NCC(=O)c1ccc(C2COC2)cc1. The number of hydrogen-bond acceptors (Lipinski definition) is 3. The van der Waals surface area contributed by atoms with Crippen LogP contribution in [0.4, 0.5) is 0 Å². The molecule has 3 nitrogen and oxygen atoms in total. The predicted octanol–water partition coefficient (Wildman–Crippen LogP) is 0.942. The summed E-state index contributed by atoms with van der Waals surface area (Å²) in [5, 5.41) is 0. The van der Waals surface area contributed by atoms with Crippen LogP contribution in [0.2, 0.25) is 0 Å². The van der Waals surface area contributed by atoms with E-state index in [9.17, 15) is 4.79 Å². The van der Waals surface area contributed by atoms with Crippen molar-refractivity contribution >= 4 is 5.78 Å². The quantitative estimate of drug-likeness (QED) is 0.723. The molecule has 0 aromatic heterocycles. The second-order valence-electron chi connectivity index (χ2n) is 3.48. The molecule has 1 aliphatic heterocycles. The lowest BCUT2D eigenvalue weighted by Gasteiger charge is -2.26. The zero-order valence-corrected chi connectivity index (χ0v) is 7.90. The Hall–Kier alpha value is -1.19. The van der Waals surface area contributed by atoms with Crippen LogP contribution in [0.15, 0.2) is 24.3 Å². The molecule has 2 rings (SSSR count). The predicted molar refractivity (Wildman–Crippen MR) is 53.4 cm³/mol. The van der Waals surface area contributed by atoms with Crippen LogP contribution in [0.1, 0.15) is 21.8 Å². The fourth-order valence-electron chi connectivity index (χ4n) is 1.49. The lowest BCUT2D eigenvalue weighted by Crippen LogP contribution is -2.25. The maximum absolute atomic E-state index is 11.2. The molecule has 2 N–H and O–H groups in total. The monoisotopic (exact) mass is 191 g/mol. The van der Waals surface area contributed by atoms with E-state index >= 15 is 0 Å². The van der Waals surface area contributed by atoms with Crippen LogP contribution in [-0.4, -0.2) is 25.5 Å². The van der Waals surface area contributed by atoms with Gasteiger partial charge in [-0.1, -0.05) is 24.3 Å². The summed E-state index contributed by atoms with van der Waals surface area (Å²) in [6.45, 7) is 1.67. The second-order valence-corrected chi connectivity index (χ2v) is 3.48. The van der Waals surface area contributed by atoms with E-state index in [0.717, 1.165) is 13.2 Å². The van der Waals surface area contributed by atoms with Gasteiger partial charge in [0.05, 0.1) is 19.8 Å². The maximum atomic E-state index is 11.2. The van der Waals surface area contributed by atoms with Gasteiger partial charge in [-0.25, -0.2) is 0 Å². The molecule has 0 radical (unpaired) electrons. The number of rotatable bonds is 3. The average molecular weight is 191 g/mol. The summed E-state index contributed by atoms with van der Waals surface area (Å²) in [5.41, 5.74) is 7.20. The number of carbonyl (C=O) groups is 1. The summed E-state index contributed by atoms with van der Waals surface area (Å²) in [5.74, 6) is 0.499. The van der Waals surface area contributed by atoms with Crippen molar-refractivity contribution in [3.63, 3.8) is 0 Å². The molecule has 1 fully saturated rings. The Morgan fingerprint density at radius 1 is 1.36 bits per heavy atom. The summed E-state index contributed by atoms with van der Waals surface area (Å²) < 4.78 is 5.10. The summed E-state index contributed by atoms with van der Waals surface area (Å²) in [6.07, 6.45) is 0. The van der Waals surface area contributed by atoms with E-state index in [1.165, 1.54) is 5.56 Å². The third-order valence-corrected chi connectivity index (χ3v) is 2.53. The van der Waals surface area contributed by atoms with Crippen molar-refractivity contribution in [3.05, 3.63) is 35.4 Å². The van der Waals surface area contributed by atoms with Gasteiger partial charge in [-0.3, -0.25) is 4.79 Å². The van der Waals surface area contributed by atoms with Crippen molar-refractivity contribution in [3.8, 4) is 0 Å². The lowest BCUT2D eigenvalue weighted by atomic mass is 9.96. The van der Waals surface area contributed by atoms with Crippen molar-refractivity contribution in [2.75, 3.05) is 19.8 Å². The highest BCUT2D eigenvalue weighted by atomic mass is 16.5. The van der Waals surface area contributed by atoms with Gasteiger partial charge in [0, 0.05) is 11.5 Å². The number of hydrogen-bond donors (Lipinski definition) is 1. The van der Waals surface area contributed by atoms with Crippen molar-refractivity contribution < 1.29 is 9.53 Å². The third-order valence-electron chi connectivity index (χ3n) is 2.53. The minimum atomic E-state index is -0.0126. The minimum absolute atomic E-state index is 0.0126. The molecule has 1 aromatic carbocycles. The van der Waals surface area contributed by atoms with E-state index in [1.807, 2.05) is 24.3 Å². The van der Waals surface area contributed by atoms with Gasteiger partial charge in [0.1, 0.15) is 0 Å². The van der Waals surface area contributed by atoms with E-state index in [4.69, 9.17) is 10.5 Å². The van der Waals surface area contributed by atoms with Crippen LogP contribution in [0.3, 0.4) is 0 Å². The van der Waals surface area contributed by atoms with Crippen LogP contribution in [0.5, 0.6) is 0 Å². The topological polar surface area (TPSA) is 52.3 Å². The number of Topliss-reactive ketones (excluding diaryl/α,β-unsaturated/α-hetero) is 1. The molecule has 0 amide bonds. The third kappa shape index (κ3) is 1.69. The smallest absolute Gasteiger partial charge is 0.176 e. The second kappa shape index (κ2) is 3.90. The highest BCUT2D eigenvalue weighted by molar-refractivity contribution is 5.97. The van der Waals surface area contributed by atoms with Gasteiger partial charge in [-0.15, -0.1) is 0 Å². The molecule has 0 aliphatic carbocycles. The molecule has 1 aliphatic rings. The summed E-state index contributed by atoms with van der Waals surface area (Å²) in [6, 6.07) is 7.64. The van der Waals surface area contributed by atoms with Crippen LogP contribution in [-0.2, 0) is 4.74 Å². The van der Waals surface area contributed by atoms with E-state index in [1.54, 1.807) is 0 Å². The van der Waals surface area contributed by atoms with Gasteiger partial charge in [0.2, 0.25) is 0 Å². The lowest BCUT2D eigenvalue weighted by molar-refractivity contribution is 0.00842. The molecule has 0 unspecified atom stereocenters. The van der Waals surface area contributed by atoms with Gasteiger partial charge in [0.15, 0.2) is 5.78 Å². The Morgan fingerprint density at radius 2 is 2.00 bits per heavy atom. The molecule has 1 heterocycles. The normalized spacial score (nSPS) is 16.4. The molecular formula is C11H13NO2. The van der Waals surface area contributed by atoms with E-state index in [-0.39, 0.29) is 12.3 Å². The highest BCUT2D eigenvalue weighted by Crippen LogP contribution is 2.23. The van der Waals surface area contributed by atoms with E-state index < -0.39 is 0 Å². The Kier molecular flexibility index (Phi) is 2.61. The van der Waals surface area contributed by atoms with Crippen molar-refractivity contribution in [1.29, 1.82) is 0 Å². The fraction of sp³-hybridized carbons (Fsp3) is 0.364. The van der Waals surface area contributed by atoms with Crippen molar-refractivity contribution in [2.24, 2.45) is 5.73 Å². The first-order valence-electron chi connectivity index (χ1n) is 4.72. The zero-order chi connectivity index (χ0) is 9.97. The molecule has 1 saturated heterocycles. The van der Waals surface area contributed by atoms with Crippen LogP contribution >= 0.6 is 0 Å². The van der Waals surface area contributed by atoms with Crippen LogP contribution in [0.25, 0.3) is 0 Å². The zero-order valence-electron chi connectivity index (χ0n) is 7.90. The number of ether oxygens (including phenoxy) is 1. The number of benzene rings is 1. The van der Waals surface area contributed by atoms with Gasteiger partial charge >= 0.3 is 0 Å². The standard InChI is InChI=1S/C11H13NO2/c12-5-11(13)9-3-1-8(2-4-9)10-6-14-7-10/h1-4,10H,5-7,12H2. The Bertz CT molecular complexity index is 328. The average Bonchev–Trinajstić information content (AvgIpc) is 2.15. The molecule has 3 heteroatoms. The summed E-state index contributed by atoms with van der Waals surface area (Å²) >= 11 is 0. The minimum Gasteiger partial charge on any atom is -0.380 e. The van der Waals surface area contributed by atoms with Gasteiger partial charge in [-0.2, -0.15) is 0 Å². The Balaban J connectivity index is 2.13. The molecule has 0 bridgehead atoms. The first-order valence-corrected chi connectivity index (χ1v) is 4.72. The van der Waals surface area contributed by atoms with Gasteiger partial charge in [-0.05, 0) is 5.56 Å². The number of carbonyl (C=O) groups excluding carboxylic acids is 1. The molecule has 74 valence electrons. The van der Waals surface area contributed by atoms with Crippen molar-refractivity contribution in [1.82, 2.24) is 0 Å². The first kappa shape index (κ1) is 9.37. The number of ketones is 1. The Labute approximate surface area is 82.9 Å². The highest BCUT2D eigenvalue weighted by Gasteiger charge is 2.20. The fourth-order valence-corrected chi connectivity index (χ4v) is 1.49. The molecule has 0 spiro atoms. The van der Waals surface area contributed by atoms with Gasteiger partial charge in [0.25, 0.3) is 0 Å². The van der Waals surface area contributed by atoms with Crippen LogP contribution in [0, 0.1) is 0 Å². The molecule has 0 atom stereocenters. The van der Waals surface area contributed by atoms with E-state index in [0.29, 0.717) is 11.5 Å². The molecule has 1 aromatic rings. The molecule has 0 saturated carbocycles. The largest absolute Gasteiger partial charge is 0.380 e. The molecular weight excluding hydrogens is 178 g/mol. The van der Waals surface area contributed by atoms with Crippen LogP contribution < -0.4 is 5.73 Å². The Morgan fingerprint density at radius 3 is 2.43 bits per heavy atom. The first-order chi connectivity index (χ1) is 6.81. The van der Waals surface area contributed by atoms with Gasteiger partial charge < -0.3 is 10.5 Å².